The summed E-state index contributed by atoms with van der Waals surface area (Å²) in [7, 11) is -3.71. The fraction of sp³-hybridized carbons (Fsp3) is 0.304. The van der Waals surface area contributed by atoms with E-state index < -0.39 is 10.0 Å². The van der Waals surface area contributed by atoms with Crippen LogP contribution in [0.15, 0.2) is 64.6 Å². The maximum Gasteiger partial charge on any atom is 0.285 e. The van der Waals surface area contributed by atoms with Crippen LogP contribution in [0.25, 0.3) is 4.91 Å². The van der Waals surface area contributed by atoms with Gasteiger partial charge < -0.3 is 10.2 Å². The lowest BCUT2D eigenvalue weighted by Crippen LogP contribution is -2.46. The van der Waals surface area contributed by atoms with E-state index in [9.17, 15) is 13.2 Å². The number of hydrogen-bond donors (Lipinski definition) is 1. The third-order valence-corrected chi connectivity index (χ3v) is 7.09. The molecule has 6 nitrogen and oxygen atoms in total. The molecule has 1 N–H and O–H groups in total. The highest BCUT2D eigenvalue weighted by Gasteiger charge is 2.35. The van der Waals surface area contributed by atoms with Crippen LogP contribution in [0, 0.1) is 6.92 Å². The van der Waals surface area contributed by atoms with Crippen molar-refractivity contribution < 1.29 is 13.2 Å². The summed E-state index contributed by atoms with van der Waals surface area (Å²) >= 11 is 0. The van der Waals surface area contributed by atoms with Crippen LogP contribution in [0.5, 0.6) is 0 Å². The van der Waals surface area contributed by atoms with Gasteiger partial charge in [-0.15, -0.1) is 4.40 Å². The number of amides is 1. The van der Waals surface area contributed by atoms with Crippen molar-refractivity contribution in [2.24, 2.45) is 4.40 Å². The normalized spacial score (nSPS) is 19.0. The highest BCUT2D eigenvalue weighted by molar-refractivity contribution is 8.00. The van der Waals surface area contributed by atoms with E-state index in [0.29, 0.717) is 35.6 Å². The summed E-state index contributed by atoms with van der Waals surface area (Å²) < 4.78 is 29.6. The number of carbonyl (C=O) groups excluding carboxylic acids is 1. The number of hydrogen-bond acceptors (Lipinski definition) is 4. The molecule has 0 unspecified atom stereocenters. The summed E-state index contributed by atoms with van der Waals surface area (Å²) in [4.78, 5) is 14.7. The minimum atomic E-state index is -3.71. The molecule has 2 aliphatic rings. The van der Waals surface area contributed by atoms with Crippen molar-refractivity contribution in [3.05, 3.63) is 76.9 Å². The monoisotopic (exact) mass is 423 g/mol. The molecule has 0 aliphatic carbocycles. The highest BCUT2D eigenvalue weighted by Crippen LogP contribution is 2.34. The molecule has 7 heteroatoms. The topological polar surface area (TPSA) is 78.8 Å². The van der Waals surface area contributed by atoms with Crippen LogP contribution in [0.4, 0.5) is 0 Å². The molecule has 2 aromatic rings. The number of nitrogens with zero attached hydrogens (tertiary/aromatic N) is 2. The van der Waals surface area contributed by atoms with Crippen molar-refractivity contribution in [1.29, 1.82) is 0 Å². The molecule has 2 aromatic carbocycles. The average molecular weight is 424 g/mol. The van der Waals surface area contributed by atoms with E-state index in [0.717, 1.165) is 18.4 Å². The number of aryl methyl sites for hydroxylation is 1. The largest absolute Gasteiger partial charge is 0.356 e. The number of amidine groups is 1. The lowest BCUT2D eigenvalue weighted by atomic mass is 10.0. The van der Waals surface area contributed by atoms with Crippen molar-refractivity contribution in [3.63, 3.8) is 0 Å². The van der Waals surface area contributed by atoms with Crippen LogP contribution in [-0.2, 0) is 10.0 Å². The third-order valence-electron chi connectivity index (χ3n) is 5.62. The number of nitrogens with one attached hydrogen (secondary N) is 1. The number of benzene rings is 2. The highest BCUT2D eigenvalue weighted by atomic mass is 32.2. The quantitative estimate of drug-likeness (QED) is 0.821. The second kappa shape index (κ2) is 8.07. The van der Waals surface area contributed by atoms with Crippen molar-refractivity contribution in [2.75, 3.05) is 13.1 Å². The molecule has 156 valence electrons. The van der Waals surface area contributed by atoms with Gasteiger partial charge in [-0.05, 0) is 44.4 Å². The van der Waals surface area contributed by atoms with Crippen molar-refractivity contribution >= 4 is 26.7 Å². The van der Waals surface area contributed by atoms with Gasteiger partial charge in [0.15, 0.2) is 0 Å². The maximum atomic E-state index is 12.7. The second-order valence-corrected chi connectivity index (χ2v) is 9.35. The Hall–Kier alpha value is -2.93. The Labute approximate surface area is 177 Å². The predicted molar refractivity (Wildman–Crippen MR) is 119 cm³/mol. The molecule has 0 saturated carbocycles. The summed E-state index contributed by atoms with van der Waals surface area (Å²) in [6.07, 6.45) is 1.48. The van der Waals surface area contributed by atoms with E-state index in [1.165, 1.54) is 0 Å². The van der Waals surface area contributed by atoms with Crippen LogP contribution in [0.3, 0.4) is 0 Å². The molecular weight excluding hydrogens is 398 g/mol. The fourth-order valence-electron chi connectivity index (χ4n) is 3.98. The van der Waals surface area contributed by atoms with Gasteiger partial charge in [0.25, 0.3) is 15.9 Å². The van der Waals surface area contributed by atoms with E-state index in [1.807, 2.05) is 61.2 Å². The van der Waals surface area contributed by atoms with Gasteiger partial charge in [0.2, 0.25) is 0 Å². The van der Waals surface area contributed by atoms with E-state index in [-0.39, 0.29) is 16.9 Å². The van der Waals surface area contributed by atoms with Crippen molar-refractivity contribution in [1.82, 2.24) is 10.2 Å². The average Bonchev–Trinajstić information content (AvgIpc) is 2.99. The summed E-state index contributed by atoms with van der Waals surface area (Å²) in [5.41, 5.74) is 3.08. The maximum absolute atomic E-state index is 12.7. The number of rotatable bonds is 3. The van der Waals surface area contributed by atoms with Crippen LogP contribution in [-0.4, -0.2) is 44.2 Å². The molecule has 0 spiro atoms. The molecule has 2 aliphatic heterocycles. The van der Waals surface area contributed by atoms with Gasteiger partial charge in [-0.25, -0.2) is 0 Å². The molecule has 2 heterocycles. The summed E-state index contributed by atoms with van der Waals surface area (Å²) in [6.45, 7) is 5.08. The Balaban J connectivity index is 1.46. The summed E-state index contributed by atoms with van der Waals surface area (Å²) in [6, 6.07) is 16.7. The van der Waals surface area contributed by atoms with Crippen molar-refractivity contribution in [3.8, 4) is 0 Å². The summed E-state index contributed by atoms with van der Waals surface area (Å²) in [5, 5.41) is 3.08. The molecular formula is C23H25N3O3S. The number of likely N-dealkylation sites (tertiary alicyclic amines) is 1. The Bertz CT molecular complexity index is 1110. The predicted octanol–water partition coefficient (Wildman–Crippen LogP) is 3.36. The van der Waals surface area contributed by atoms with Crippen LogP contribution < -0.4 is 5.32 Å². The SMILES string of the molecule is CC1=C(c2ccc(C)cc2)S(=O)(=O)N=C1N1CCC(NC(=O)c2ccccc2)CC1. The number of carbonyl (C=O) groups is 1. The molecule has 0 atom stereocenters. The van der Waals surface area contributed by atoms with Crippen LogP contribution in [0.1, 0.15) is 41.3 Å². The second-order valence-electron chi connectivity index (χ2n) is 7.81. The fourth-order valence-corrected chi connectivity index (χ4v) is 5.47. The number of sulfonamides is 1. The minimum Gasteiger partial charge on any atom is -0.356 e. The van der Waals surface area contributed by atoms with Crippen LogP contribution >= 0.6 is 0 Å². The van der Waals surface area contributed by atoms with Gasteiger partial charge in [0.05, 0.1) is 0 Å². The van der Waals surface area contributed by atoms with E-state index in [1.54, 1.807) is 12.1 Å². The zero-order valence-corrected chi connectivity index (χ0v) is 17.9. The zero-order valence-electron chi connectivity index (χ0n) is 17.1. The van der Waals surface area contributed by atoms with Gasteiger partial charge in [0.1, 0.15) is 10.7 Å². The molecule has 1 amide bonds. The molecule has 1 fully saturated rings. The first kappa shape index (κ1) is 20.3. The van der Waals surface area contributed by atoms with Gasteiger partial charge >= 0.3 is 0 Å². The first-order valence-electron chi connectivity index (χ1n) is 10.1. The molecule has 0 bridgehead atoms. The van der Waals surface area contributed by atoms with E-state index >= 15 is 0 Å². The van der Waals surface area contributed by atoms with E-state index in [2.05, 4.69) is 9.71 Å². The number of piperidine rings is 1. The third kappa shape index (κ3) is 4.03. The first-order chi connectivity index (χ1) is 14.3. The molecule has 0 radical (unpaired) electrons. The van der Waals surface area contributed by atoms with Gasteiger partial charge in [-0.2, -0.15) is 8.42 Å². The Morgan fingerprint density at radius 1 is 1.00 bits per heavy atom. The lowest BCUT2D eigenvalue weighted by molar-refractivity contribution is 0.0922. The van der Waals surface area contributed by atoms with Crippen LogP contribution in [0.2, 0.25) is 0 Å². The lowest BCUT2D eigenvalue weighted by Gasteiger charge is -2.33. The minimum absolute atomic E-state index is 0.0634. The Morgan fingerprint density at radius 3 is 2.27 bits per heavy atom. The standard InChI is InChI=1S/C23H25N3O3S/c1-16-8-10-18(11-9-16)21-17(2)22(25-30(21,28)29)26-14-12-20(13-15-26)24-23(27)19-6-4-3-5-7-19/h3-11,20H,12-15H2,1-2H3,(H,24,27). The van der Waals surface area contributed by atoms with Gasteiger partial charge in [-0.1, -0.05) is 48.0 Å². The molecule has 30 heavy (non-hydrogen) atoms. The first-order valence-corrected chi connectivity index (χ1v) is 11.5. The zero-order chi connectivity index (χ0) is 21.3. The Morgan fingerprint density at radius 2 is 1.63 bits per heavy atom. The van der Waals surface area contributed by atoms with Crippen molar-refractivity contribution in [2.45, 2.75) is 32.7 Å². The van der Waals surface area contributed by atoms with E-state index in [4.69, 9.17) is 0 Å². The van der Waals surface area contributed by atoms with Gasteiger partial charge in [-0.3, -0.25) is 4.79 Å². The Kier molecular flexibility index (Phi) is 5.47. The smallest absolute Gasteiger partial charge is 0.285 e. The molecule has 0 aromatic heterocycles. The molecule has 1 saturated heterocycles. The molecule has 4 rings (SSSR count). The summed E-state index contributed by atoms with van der Waals surface area (Å²) in [5.74, 6) is 0.450. The van der Waals surface area contributed by atoms with Gasteiger partial charge in [0, 0.05) is 30.3 Å².